The number of unbranched alkanes of at least 4 members (excludes halogenated alkanes) is 1. The van der Waals surface area contributed by atoms with Crippen molar-refractivity contribution in [2.75, 3.05) is 33.4 Å². The first-order chi connectivity index (χ1) is 14.0. The molecule has 0 spiro atoms. The highest BCUT2D eigenvalue weighted by molar-refractivity contribution is 7.10. The van der Waals surface area contributed by atoms with Gasteiger partial charge in [-0.15, -0.1) is 11.3 Å². The van der Waals surface area contributed by atoms with E-state index >= 15 is 0 Å². The Balaban J connectivity index is 1.85. The van der Waals surface area contributed by atoms with Crippen LogP contribution >= 0.6 is 11.3 Å². The Bertz CT molecular complexity index is 837. The summed E-state index contributed by atoms with van der Waals surface area (Å²) >= 11 is 1.68. The number of benzene rings is 1. The Hall–Kier alpha value is -2.25. The SMILES string of the molecule is CCCCN(CC(=O)N1CCc2sccc2[C@H]1c1ccc(F)cc1)C(=O)COC. The van der Waals surface area contributed by atoms with Crippen LogP contribution in [0.4, 0.5) is 4.39 Å². The van der Waals surface area contributed by atoms with Crippen LogP contribution in [-0.2, 0) is 20.7 Å². The van der Waals surface area contributed by atoms with Crippen molar-refractivity contribution in [3.05, 3.63) is 57.5 Å². The van der Waals surface area contributed by atoms with Crippen molar-refractivity contribution < 1.29 is 18.7 Å². The van der Waals surface area contributed by atoms with E-state index in [-0.39, 0.29) is 36.8 Å². The van der Waals surface area contributed by atoms with Crippen molar-refractivity contribution in [2.45, 2.75) is 32.2 Å². The van der Waals surface area contributed by atoms with Crippen LogP contribution in [0.2, 0.25) is 0 Å². The lowest BCUT2D eigenvalue weighted by Crippen LogP contribution is -2.47. The second-order valence-electron chi connectivity index (χ2n) is 7.19. The van der Waals surface area contributed by atoms with E-state index in [2.05, 4.69) is 0 Å². The van der Waals surface area contributed by atoms with Crippen LogP contribution in [0.5, 0.6) is 0 Å². The first-order valence-electron chi connectivity index (χ1n) is 9.93. The van der Waals surface area contributed by atoms with Gasteiger partial charge >= 0.3 is 0 Å². The molecule has 2 amide bonds. The van der Waals surface area contributed by atoms with Crippen molar-refractivity contribution in [1.29, 1.82) is 0 Å². The first kappa shape index (κ1) is 21.5. The summed E-state index contributed by atoms with van der Waals surface area (Å²) in [5, 5.41) is 2.03. The number of halogens is 1. The van der Waals surface area contributed by atoms with Gasteiger partial charge in [-0.05, 0) is 47.5 Å². The molecule has 0 radical (unpaired) electrons. The van der Waals surface area contributed by atoms with Crippen LogP contribution in [0, 0.1) is 5.82 Å². The van der Waals surface area contributed by atoms with Gasteiger partial charge in [-0.1, -0.05) is 25.5 Å². The molecule has 0 saturated carbocycles. The number of nitrogens with zero attached hydrogens (tertiary/aromatic N) is 2. The van der Waals surface area contributed by atoms with Crippen LogP contribution in [0.1, 0.15) is 41.8 Å². The molecule has 0 unspecified atom stereocenters. The van der Waals surface area contributed by atoms with Crippen molar-refractivity contribution in [3.8, 4) is 0 Å². The van der Waals surface area contributed by atoms with E-state index in [1.165, 1.54) is 24.1 Å². The zero-order valence-electron chi connectivity index (χ0n) is 16.9. The molecule has 3 rings (SSSR count). The van der Waals surface area contributed by atoms with Crippen molar-refractivity contribution in [3.63, 3.8) is 0 Å². The second kappa shape index (κ2) is 9.98. The summed E-state index contributed by atoms with van der Waals surface area (Å²) in [5.41, 5.74) is 1.96. The van der Waals surface area contributed by atoms with E-state index in [4.69, 9.17) is 4.74 Å². The smallest absolute Gasteiger partial charge is 0.249 e. The van der Waals surface area contributed by atoms with Gasteiger partial charge in [0.15, 0.2) is 0 Å². The van der Waals surface area contributed by atoms with E-state index in [0.717, 1.165) is 30.4 Å². The van der Waals surface area contributed by atoms with Crippen molar-refractivity contribution >= 4 is 23.2 Å². The largest absolute Gasteiger partial charge is 0.375 e. The number of carbonyl (C=O) groups is 2. The van der Waals surface area contributed by atoms with E-state index in [1.54, 1.807) is 28.4 Å². The molecule has 0 saturated heterocycles. The van der Waals surface area contributed by atoms with Crippen LogP contribution in [0.15, 0.2) is 35.7 Å². The molecule has 0 N–H and O–H groups in total. The molecule has 2 heterocycles. The number of rotatable bonds is 8. The van der Waals surface area contributed by atoms with Gasteiger partial charge in [0.05, 0.1) is 12.6 Å². The Morgan fingerprint density at radius 1 is 1.28 bits per heavy atom. The number of methoxy groups -OCH3 is 1. The molecule has 1 aliphatic rings. The predicted octanol–water partition coefficient (Wildman–Crippen LogP) is 3.64. The standard InChI is InChI=1S/C22H27FN2O3S/c1-3-4-11-24(21(27)15-28-2)14-20(26)25-12-9-19-18(10-13-29-19)22(25)16-5-7-17(23)8-6-16/h5-8,10,13,22H,3-4,9,11-12,14-15H2,1-2H3/t22-/m1/s1. The van der Waals surface area contributed by atoms with Crippen LogP contribution in [0.3, 0.4) is 0 Å². The number of ether oxygens (including phenoxy) is 1. The summed E-state index contributed by atoms with van der Waals surface area (Å²) in [6.45, 7) is 3.15. The molecule has 1 aliphatic heterocycles. The molecule has 5 nitrogen and oxygen atoms in total. The Kier molecular flexibility index (Phi) is 7.39. The molecule has 0 bridgehead atoms. The molecule has 2 aromatic rings. The van der Waals surface area contributed by atoms with Gasteiger partial charge in [-0.25, -0.2) is 4.39 Å². The zero-order chi connectivity index (χ0) is 20.8. The molecule has 0 fully saturated rings. The number of thiophene rings is 1. The minimum Gasteiger partial charge on any atom is -0.375 e. The molecular formula is C22H27FN2O3S. The fourth-order valence-electron chi connectivity index (χ4n) is 3.70. The summed E-state index contributed by atoms with van der Waals surface area (Å²) in [4.78, 5) is 30.3. The summed E-state index contributed by atoms with van der Waals surface area (Å²) in [7, 11) is 1.48. The highest BCUT2D eigenvalue weighted by atomic mass is 32.1. The topological polar surface area (TPSA) is 49.9 Å². The minimum absolute atomic E-state index is 0.0271. The van der Waals surface area contributed by atoms with Gasteiger partial charge < -0.3 is 14.5 Å². The molecule has 0 aliphatic carbocycles. The van der Waals surface area contributed by atoms with E-state index in [9.17, 15) is 14.0 Å². The fraction of sp³-hybridized carbons (Fsp3) is 0.455. The van der Waals surface area contributed by atoms with Crippen LogP contribution < -0.4 is 0 Å². The fourth-order valence-corrected chi connectivity index (χ4v) is 4.60. The highest BCUT2D eigenvalue weighted by Crippen LogP contribution is 2.37. The summed E-state index contributed by atoms with van der Waals surface area (Å²) < 4.78 is 18.4. The molecule has 1 atom stereocenters. The monoisotopic (exact) mass is 418 g/mol. The lowest BCUT2D eigenvalue weighted by Gasteiger charge is -2.37. The molecular weight excluding hydrogens is 391 g/mol. The maximum absolute atomic E-state index is 13.5. The number of hydrogen-bond acceptors (Lipinski definition) is 4. The van der Waals surface area contributed by atoms with Gasteiger partial charge in [0.2, 0.25) is 11.8 Å². The molecule has 1 aromatic heterocycles. The average molecular weight is 419 g/mol. The third kappa shape index (κ3) is 5.03. The lowest BCUT2D eigenvalue weighted by molar-refractivity contribution is -0.143. The van der Waals surface area contributed by atoms with Crippen LogP contribution in [0.25, 0.3) is 0 Å². The predicted molar refractivity (Wildman–Crippen MR) is 111 cm³/mol. The quantitative estimate of drug-likeness (QED) is 0.658. The highest BCUT2D eigenvalue weighted by Gasteiger charge is 2.33. The molecule has 29 heavy (non-hydrogen) atoms. The summed E-state index contributed by atoms with van der Waals surface area (Å²) in [6.07, 6.45) is 2.56. The van der Waals surface area contributed by atoms with E-state index < -0.39 is 0 Å². The third-order valence-corrected chi connectivity index (χ3v) is 6.20. The minimum atomic E-state index is -0.302. The summed E-state index contributed by atoms with van der Waals surface area (Å²) in [5.74, 6) is -0.582. The Morgan fingerprint density at radius 2 is 2.03 bits per heavy atom. The van der Waals surface area contributed by atoms with Gasteiger partial charge in [0.1, 0.15) is 12.4 Å². The lowest BCUT2D eigenvalue weighted by atomic mass is 9.93. The van der Waals surface area contributed by atoms with Gasteiger partial charge in [-0.3, -0.25) is 9.59 Å². The Labute approximate surface area is 175 Å². The number of hydrogen-bond donors (Lipinski definition) is 0. The van der Waals surface area contributed by atoms with E-state index in [1.807, 2.05) is 23.3 Å². The average Bonchev–Trinajstić information content (AvgIpc) is 3.20. The number of fused-ring (bicyclic) bond motifs is 1. The summed E-state index contributed by atoms with van der Waals surface area (Å²) in [6, 6.07) is 8.10. The normalized spacial score (nSPS) is 15.8. The molecule has 7 heteroatoms. The zero-order valence-corrected chi connectivity index (χ0v) is 17.7. The number of amides is 2. The maximum Gasteiger partial charge on any atom is 0.249 e. The molecule has 156 valence electrons. The number of carbonyl (C=O) groups excluding carboxylic acids is 2. The second-order valence-corrected chi connectivity index (χ2v) is 8.19. The Morgan fingerprint density at radius 3 is 2.72 bits per heavy atom. The van der Waals surface area contributed by atoms with Crippen LogP contribution in [-0.4, -0.2) is 55.0 Å². The van der Waals surface area contributed by atoms with E-state index in [0.29, 0.717) is 13.1 Å². The van der Waals surface area contributed by atoms with Crippen molar-refractivity contribution in [2.24, 2.45) is 0 Å². The molecule has 1 aromatic carbocycles. The van der Waals surface area contributed by atoms with Crippen molar-refractivity contribution in [1.82, 2.24) is 9.80 Å². The van der Waals surface area contributed by atoms with Gasteiger partial charge in [0, 0.05) is 25.1 Å². The first-order valence-corrected chi connectivity index (χ1v) is 10.8. The van der Waals surface area contributed by atoms with Gasteiger partial charge in [-0.2, -0.15) is 0 Å². The van der Waals surface area contributed by atoms with Gasteiger partial charge in [0.25, 0.3) is 0 Å². The maximum atomic E-state index is 13.5. The third-order valence-electron chi connectivity index (χ3n) is 5.20.